The minimum absolute atomic E-state index is 0.0795. The van der Waals surface area contributed by atoms with E-state index in [1.807, 2.05) is 36.4 Å². The Balaban J connectivity index is 2.04. The molecule has 3 N–H and O–H groups in total. The summed E-state index contributed by atoms with van der Waals surface area (Å²) >= 11 is 1.31. The van der Waals surface area contributed by atoms with Crippen molar-refractivity contribution >= 4 is 22.4 Å². The number of thiophene rings is 1. The minimum atomic E-state index is -0.356. The van der Waals surface area contributed by atoms with Gasteiger partial charge in [-0.3, -0.25) is 5.32 Å². The van der Waals surface area contributed by atoms with Gasteiger partial charge < -0.3 is 10.4 Å². The van der Waals surface area contributed by atoms with E-state index >= 15 is 0 Å². The summed E-state index contributed by atoms with van der Waals surface area (Å²) in [7, 11) is 0. The Morgan fingerprint density at radius 2 is 2.09 bits per heavy atom. The molecule has 1 unspecified atom stereocenters. The van der Waals surface area contributed by atoms with Crippen molar-refractivity contribution in [2.24, 2.45) is 0 Å². The molecule has 0 fully saturated rings. The first-order valence-corrected chi connectivity index (χ1v) is 7.83. The number of aliphatic hydroxyl groups is 1. The number of nitrogens with zero attached hydrogens (tertiary/aromatic N) is 1. The summed E-state index contributed by atoms with van der Waals surface area (Å²) in [5, 5.41) is 25.9. The molecule has 0 aliphatic heterocycles. The van der Waals surface area contributed by atoms with Crippen LogP contribution >= 0.6 is 11.3 Å². The van der Waals surface area contributed by atoms with Crippen LogP contribution in [0.15, 0.2) is 41.8 Å². The summed E-state index contributed by atoms with van der Waals surface area (Å²) in [6.45, 7) is 0.0795. The van der Waals surface area contributed by atoms with Gasteiger partial charge in [-0.15, -0.1) is 11.3 Å². The van der Waals surface area contributed by atoms with Gasteiger partial charge in [0.25, 0.3) is 0 Å². The van der Waals surface area contributed by atoms with Crippen molar-refractivity contribution in [2.45, 2.75) is 18.9 Å². The first-order valence-electron chi connectivity index (χ1n) is 6.95. The standard InChI is InChI=1S/C16H17N3O2S/c17-11-13-8-10-22-15(13)19-16(21)18-14(7-4-9-20)12-5-2-1-3-6-12/h1-3,5-6,8,10,14,20H,4,7,9H2,(H2,18,19,21). The average molecular weight is 315 g/mol. The van der Waals surface area contributed by atoms with Crippen molar-refractivity contribution < 1.29 is 9.90 Å². The summed E-state index contributed by atoms with van der Waals surface area (Å²) in [5.41, 5.74) is 1.43. The lowest BCUT2D eigenvalue weighted by Crippen LogP contribution is -2.32. The Morgan fingerprint density at radius 3 is 2.77 bits per heavy atom. The second-order valence-electron chi connectivity index (χ2n) is 4.70. The molecule has 6 heteroatoms. The second-order valence-corrected chi connectivity index (χ2v) is 5.62. The third kappa shape index (κ3) is 4.32. The number of rotatable bonds is 6. The first-order chi connectivity index (χ1) is 10.7. The predicted octanol–water partition coefficient (Wildman–Crippen LogP) is 3.26. The van der Waals surface area contributed by atoms with Crippen LogP contribution in [0.5, 0.6) is 0 Å². The number of anilines is 1. The number of aliphatic hydroxyl groups excluding tert-OH is 1. The summed E-state index contributed by atoms with van der Waals surface area (Å²) in [6, 6.07) is 12.8. The number of carbonyl (C=O) groups excluding carboxylic acids is 1. The molecule has 114 valence electrons. The number of carbonyl (C=O) groups is 1. The normalized spacial score (nSPS) is 11.5. The van der Waals surface area contributed by atoms with E-state index in [0.717, 1.165) is 5.56 Å². The molecule has 1 heterocycles. The smallest absolute Gasteiger partial charge is 0.320 e. The first kappa shape index (κ1) is 16.0. The Hall–Kier alpha value is -2.36. The molecule has 1 aromatic carbocycles. The van der Waals surface area contributed by atoms with Gasteiger partial charge in [-0.05, 0) is 29.9 Å². The van der Waals surface area contributed by atoms with Gasteiger partial charge in [0.1, 0.15) is 11.1 Å². The number of nitriles is 1. The fraction of sp³-hybridized carbons (Fsp3) is 0.250. The van der Waals surface area contributed by atoms with Crippen molar-refractivity contribution in [3.8, 4) is 6.07 Å². The maximum atomic E-state index is 12.1. The Morgan fingerprint density at radius 1 is 1.32 bits per heavy atom. The highest BCUT2D eigenvalue weighted by atomic mass is 32.1. The molecule has 0 bridgehead atoms. The molecule has 2 amide bonds. The van der Waals surface area contributed by atoms with E-state index in [-0.39, 0.29) is 18.7 Å². The molecule has 22 heavy (non-hydrogen) atoms. The molecule has 2 aromatic rings. The molecule has 1 aromatic heterocycles. The molecule has 1 atom stereocenters. The highest BCUT2D eigenvalue weighted by Crippen LogP contribution is 2.23. The SMILES string of the molecule is N#Cc1ccsc1NC(=O)NC(CCCO)c1ccccc1. The van der Waals surface area contributed by atoms with Crippen LogP contribution in [0.2, 0.25) is 0 Å². The van der Waals surface area contributed by atoms with Gasteiger partial charge in [0.05, 0.1) is 11.6 Å². The van der Waals surface area contributed by atoms with Crippen LogP contribution in [-0.4, -0.2) is 17.7 Å². The number of hydrogen-bond acceptors (Lipinski definition) is 4. The van der Waals surface area contributed by atoms with Gasteiger partial charge in [0.2, 0.25) is 0 Å². The van der Waals surface area contributed by atoms with Crippen molar-refractivity contribution in [1.82, 2.24) is 5.32 Å². The van der Waals surface area contributed by atoms with Gasteiger partial charge >= 0.3 is 6.03 Å². The van der Waals surface area contributed by atoms with E-state index < -0.39 is 0 Å². The van der Waals surface area contributed by atoms with Gasteiger partial charge in [-0.1, -0.05) is 30.3 Å². The van der Waals surface area contributed by atoms with E-state index in [0.29, 0.717) is 23.4 Å². The summed E-state index contributed by atoms with van der Waals surface area (Å²) in [4.78, 5) is 12.1. The van der Waals surface area contributed by atoms with Crippen molar-refractivity contribution in [1.29, 1.82) is 5.26 Å². The zero-order valence-corrected chi connectivity index (χ0v) is 12.8. The van der Waals surface area contributed by atoms with Gasteiger partial charge in [0.15, 0.2) is 0 Å². The van der Waals surface area contributed by atoms with E-state index in [1.165, 1.54) is 11.3 Å². The Labute approximate surface area is 133 Å². The number of benzene rings is 1. The van der Waals surface area contributed by atoms with Crippen LogP contribution in [0, 0.1) is 11.3 Å². The van der Waals surface area contributed by atoms with E-state index in [9.17, 15) is 4.79 Å². The lowest BCUT2D eigenvalue weighted by Gasteiger charge is -2.19. The number of hydrogen-bond donors (Lipinski definition) is 3. The molecule has 0 saturated heterocycles. The van der Waals surface area contributed by atoms with E-state index in [2.05, 4.69) is 10.6 Å². The molecule has 2 rings (SSSR count). The maximum Gasteiger partial charge on any atom is 0.320 e. The molecule has 0 aliphatic carbocycles. The highest BCUT2D eigenvalue weighted by molar-refractivity contribution is 7.14. The molecular formula is C16H17N3O2S. The van der Waals surface area contributed by atoms with Crippen molar-refractivity contribution in [2.75, 3.05) is 11.9 Å². The third-order valence-electron chi connectivity index (χ3n) is 3.17. The fourth-order valence-corrected chi connectivity index (χ4v) is 2.83. The monoisotopic (exact) mass is 315 g/mol. The molecule has 0 radical (unpaired) electrons. The largest absolute Gasteiger partial charge is 0.396 e. The summed E-state index contributed by atoms with van der Waals surface area (Å²) in [6.07, 6.45) is 1.24. The van der Waals surface area contributed by atoms with Crippen molar-refractivity contribution in [3.63, 3.8) is 0 Å². The Bertz CT molecular complexity index is 649. The van der Waals surface area contributed by atoms with Crippen LogP contribution in [-0.2, 0) is 0 Å². The number of amides is 2. The molecule has 5 nitrogen and oxygen atoms in total. The Kier molecular flexibility index (Phi) is 5.95. The van der Waals surface area contributed by atoms with Gasteiger partial charge in [0, 0.05) is 6.61 Å². The van der Waals surface area contributed by atoms with E-state index in [1.54, 1.807) is 11.4 Å². The minimum Gasteiger partial charge on any atom is -0.396 e. The van der Waals surface area contributed by atoms with Crippen molar-refractivity contribution in [3.05, 3.63) is 52.9 Å². The van der Waals surface area contributed by atoms with Gasteiger partial charge in [-0.25, -0.2) is 4.79 Å². The maximum absolute atomic E-state index is 12.1. The lowest BCUT2D eigenvalue weighted by atomic mass is 10.0. The van der Waals surface area contributed by atoms with Crippen LogP contribution in [0.1, 0.15) is 30.0 Å². The predicted molar refractivity (Wildman–Crippen MR) is 86.7 cm³/mol. The quantitative estimate of drug-likeness (QED) is 0.765. The number of urea groups is 1. The highest BCUT2D eigenvalue weighted by Gasteiger charge is 2.15. The molecule has 0 spiro atoms. The molecule has 0 aliphatic rings. The fourth-order valence-electron chi connectivity index (χ4n) is 2.09. The zero-order valence-electron chi connectivity index (χ0n) is 12.0. The van der Waals surface area contributed by atoms with Crippen LogP contribution in [0.4, 0.5) is 9.80 Å². The van der Waals surface area contributed by atoms with Crippen LogP contribution in [0.25, 0.3) is 0 Å². The lowest BCUT2D eigenvalue weighted by molar-refractivity contribution is 0.244. The summed E-state index contributed by atoms with van der Waals surface area (Å²) < 4.78 is 0. The number of nitrogens with one attached hydrogen (secondary N) is 2. The average Bonchev–Trinajstić information content (AvgIpc) is 2.99. The third-order valence-corrected chi connectivity index (χ3v) is 4.00. The topological polar surface area (TPSA) is 85.2 Å². The van der Waals surface area contributed by atoms with E-state index in [4.69, 9.17) is 10.4 Å². The van der Waals surface area contributed by atoms with Crippen LogP contribution < -0.4 is 10.6 Å². The second kappa shape index (κ2) is 8.17. The molecule has 0 saturated carbocycles. The zero-order chi connectivity index (χ0) is 15.8. The summed E-state index contributed by atoms with van der Waals surface area (Å²) in [5.74, 6) is 0. The van der Waals surface area contributed by atoms with Gasteiger partial charge in [-0.2, -0.15) is 5.26 Å². The van der Waals surface area contributed by atoms with Crippen LogP contribution in [0.3, 0.4) is 0 Å². The molecular weight excluding hydrogens is 298 g/mol.